The number of hydrogen-bond donors (Lipinski definition) is 1. The maximum absolute atomic E-state index is 13.6. The third-order valence-electron chi connectivity index (χ3n) is 5.21. The summed E-state index contributed by atoms with van der Waals surface area (Å²) in [5.74, 6) is -0.284. The van der Waals surface area contributed by atoms with Gasteiger partial charge < -0.3 is 14.8 Å². The standard InChI is InChI=1S/C23H18FN5S/c24-16-8-10-17(11-9-16)29-22(21(27-23(29)30)19-6-1-2-13-26-19)20-7-4-14-28(20)18-5-3-12-25-15-18/h1-15,21-22H,(H,27,30)/t21-,22-/m0/s1. The molecule has 1 aromatic carbocycles. The third kappa shape index (κ3) is 3.23. The molecule has 0 bridgehead atoms. The van der Waals surface area contributed by atoms with Gasteiger partial charge in [-0.3, -0.25) is 9.97 Å². The topological polar surface area (TPSA) is 46.0 Å². The Balaban J connectivity index is 1.67. The van der Waals surface area contributed by atoms with Gasteiger partial charge >= 0.3 is 0 Å². The van der Waals surface area contributed by atoms with Crippen molar-refractivity contribution in [1.29, 1.82) is 0 Å². The van der Waals surface area contributed by atoms with Gasteiger partial charge in [-0.2, -0.15) is 0 Å². The second-order valence-corrected chi connectivity index (χ2v) is 7.37. The van der Waals surface area contributed by atoms with E-state index in [-0.39, 0.29) is 17.9 Å². The summed E-state index contributed by atoms with van der Waals surface area (Å²) in [6, 6.07) is 19.9. The van der Waals surface area contributed by atoms with Gasteiger partial charge in [-0.05, 0) is 72.9 Å². The first-order valence-corrected chi connectivity index (χ1v) is 9.97. The van der Waals surface area contributed by atoms with Crippen molar-refractivity contribution >= 4 is 23.0 Å². The average Bonchev–Trinajstić information content (AvgIpc) is 3.40. The van der Waals surface area contributed by atoms with Crippen molar-refractivity contribution in [2.24, 2.45) is 0 Å². The smallest absolute Gasteiger partial charge is 0.174 e. The minimum Gasteiger partial charge on any atom is -0.351 e. The Morgan fingerprint density at radius 1 is 0.900 bits per heavy atom. The molecule has 30 heavy (non-hydrogen) atoms. The molecule has 1 fully saturated rings. The zero-order chi connectivity index (χ0) is 20.5. The van der Waals surface area contributed by atoms with Crippen LogP contribution in [-0.2, 0) is 0 Å². The first-order valence-electron chi connectivity index (χ1n) is 9.56. The number of nitrogens with zero attached hydrogens (tertiary/aromatic N) is 4. The van der Waals surface area contributed by atoms with Gasteiger partial charge in [0.05, 0.1) is 23.6 Å². The summed E-state index contributed by atoms with van der Waals surface area (Å²) in [7, 11) is 0. The SMILES string of the molecule is Fc1ccc(N2C(=S)N[C@@H](c3ccccn3)[C@@H]2c2cccn2-c2cccnc2)cc1. The van der Waals surface area contributed by atoms with E-state index in [1.807, 2.05) is 53.7 Å². The second kappa shape index (κ2) is 7.68. The zero-order valence-electron chi connectivity index (χ0n) is 15.9. The molecule has 0 amide bonds. The molecule has 148 valence electrons. The van der Waals surface area contributed by atoms with E-state index in [1.54, 1.807) is 24.5 Å². The number of anilines is 1. The quantitative estimate of drug-likeness (QED) is 0.494. The maximum atomic E-state index is 13.6. The molecule has 0 saturated carbocycles. The molecule has 0 radical (unpaired) electrons. The number of rotatable bonds is 4. The summed E-state index contributed by atoms with van der Waals surface area (Å²) in [5, 5.41) is 3.99. The van der Waals surface area contributed by atoms with Crippen LogP contribution in [0.2, 0.25) is 0 Å². The van der Waals surface area contributed by atoms with Crippen molar-refractivity contribution in [3.05, 3.63) is 109 Å². The fourth-order valence-electron chi connectivity index (χ4n) is 3.90. The van der Waals surface area contributed by atoms with Gasteiger partial charge in [0, 0.05) is 30.0 Å². The van der Waals surface area contributed by atoms with Gasteiger partial charge in [0.15, 0.2) is 5.11 Å². The predicted octanol–water partition coefficient (Wildman–Crippen LogP) is 4.58. The summed E-state index contributed by atoms with van der Waals surface area (Å²) in [6.07, 6.45) is 7.35. The molecule has 0 unspecified atom stereocenters. The Kier molecular flexibility index (Phi) is 4.72. The molecule has 0 aliphatic carbocycles. The van der Waals surface area contributed by atoms with Gasteiger partial charge in [0.2, 0.25) is 0 Å². The first-order chi connectivity index (χ1) is 14.7. The van der Waals surface area contributed by atoms with Crippen LogP contribution in [0.25, 0.3) is 5.69 Å². The molecule has 1 aliphatic rings. The van der Waals surface area contributed by atoms with Gasteiger partial charge in [-0.15, -0.1) is 0 Å². The van der Waals surface area contributed by atoms with E-state index >= 15 is 0 Å². The van der Waals surface area contributed by atoms with Crippen LogP contribution in [0.4, 0.5) is 10.1 Å². The highest BCUT2D eigenvalue weighted by atomic mass is 32.1. The number of benzene rings is 1. The minimum atomic E-state index is -0.284. The molecule has 1 aliphatic heterocycles. The van der Waals surface area contributed by atoms with Crippen LogP contribution in [0, 0.1) is 5.82 Å². The van der Waals surface area contributed by atoms with Crippen LogP contribution >= 0.6 is 12.2 Å². The number of hydrogen-bond acceptors (Lipinski definition) is 3. The van der Waals surface area contributed by atoms with Crippen LogP contribution in [0.1, 0.15) is 23.5 Å². The largest absolute Gasteiger partial charge is 0.351 e. The lowest BCUT2D eigenvalue weighted by Crippen LogP contribution is -2.30. The number of aromatic nitrogens is 3. The highest BCUT2D eigenvalue weighted by molar-refractivity contribution is 7.80. The Morgan fingerprint density at radius 3 is 2.50 bits per heavy atom. The highest BCUT2D eigenvalue weighted by Gasteiger charge is 2.42. The van der Waals surface area contributed by atoms with Crippen LogP contribution in [0.5, 0.6) is 0 Å². The molecule has 1 saturated heterocycles. The Labute approximate surface area is 178 Å². The molecule has 5 rings (SSSR count). The number of pyridine rings is 2. The zero-order valence-corrected chi connectivity index (χ0v) is 16.7. The molecular formula is C23H18FN5S. The van der Waals surface area contributed by atoms with Crippen molar-refractivity contribution in [1.82, 2.24) is 19.9 Å². The van der Waals surface area contributed by atoms with E-state index in [1.165, 1.54) is 12.1 Å². The second-order valence-electron chi connectivity index (χ2n) is 6.99. The van der Waals surface area contributed by atoms with Crippen LogP contribution in [0.15, 0.2) is 91.5 Å². The summed E-state index contributed by atoms with van der Waals surface area (Å²) in [6.45, 7) is 0. The molecule has 0 spiro atoms. The van der Waals surface area contributed by atoms with Crippen LogP contribution < -0.4 is 10.2 Å². The Bertz CT molecular complexity index is 1160. The Morgan fingerprint density at radius 2 is 1.77 bits per heavy atom. The molecule has 5 nitrogen and oxygen atoms in total. The van der Waals surface area contributed by atoms with E-state index in [0.29, 0.717) is 5.11 Å². The van der Waals surface area contributed by atoms with Gasteiger partial charge in [-0.25, -0.2) is 4.39 Å². The normalized spacial score (nSPS) is 18.4. The third-order valence-corrected chi connectivity index (χ3v) is 5.52. The molecule has 7 heteroatoms. The summed E-state index contributed by atoms with van der Waals surface area (Å²) < 4.78 is 15.7. The summed E-state index contributed by atoms with van der Waals surface area (Å²) in [5.41, 5.74) is 3.68. The lowest BCUT2D eigenvalue weighted by molar-refractivity contribution is 0.549. The van der Waals surface area contributed by atoms with Crippen LogP contribution in [0.3, 0.4) is 0 Å². The fourth-order valence-corrected chi connectivity index (χ4v) is 4.25. The van der Waals surface area contributed by atoms with Gasteiger partial charge in [-0.1, -0.05) is 6.07 Å². The highest BCUT2D eigenvalue weighted by Crippen LogP contribution is 2.42. The maximum Gasteiger partial charge on any atom is 0.174 e. The van der Waals surface area contributed by atoms with E-state index in [4.69, 9.17) is 12.2 Å². The molecule has 1 N–H and O–H groups in total. The number of halogens is 1. The predicted molar refractivity (Wildman–Crippen MR) is 118 cm³/mol. The van der Waals surface area contributed by atoms with E-state index in [2.05, 4.69) is 25.9 Å². The van der Waals surface area contributed by atoms with Crippen LogP contribution in [-0.4, -0.2) is 19.6 Å². The van der Waals surface area contributed by atoms with E-state index in [9.17, 15) is 4.39 Å². The number of nitrogens with one attached hydrogen (secondary N) is 1. The monoisotopic (exact) mass is 415 g/mol. The molecule has 4 heterocycles. The fraction of sp³-hybridized carbons (Fsp3) is 0.0870. The first kappa shape index (κ1) is 18.4. The van der Waals surface area contributed by atoms with Gasteiger partial charge in [0.1, 0.15) is 11.9 Å². The van der Waals surface area contributed by atoms with Crippen molar-refractivity contribution in [2.75, 3.05) is 4.90 Å². The lowest BCUT2D eigenvalue weighted by Gasteiger charge is -2.29. The number of thiocarbonyl (C=S) groups is 1. The lowest BCUT2D eigenvalue weighted by atomic mass is 10.0. The van der Waals surface area contributed by atoms with E-state index < -0.39 is 0 Å². The molecule has 3 aromatic heterocycles. The van der Waals surface area contributed by atoms with Crippen molar-refractivity contribution < 1.29 is 4.39 Å². The van der Waals surface area contributed by atoms with Crippen molar-refractivity contribution in [3.63, 3.8) is 0 Å². The van der Waals surface area contributed by atoms with Crippen molar-refractivity contribution in [2.45, 2.75) is 12.1 Å². The van der Waals surface area contributed by atoms with Gasteiger partial charge in [0.25, 0.3) is 0 Å². The van der Waals surface area contributed by atoms with E-state index in [0.717, 1.165) is 22.8 Å². The molecular weight excluding hydrogens is 397 g/mol. The summed E-state index contributed by atoms with van der Waals surface area (Å²) in [4.78, 5) is 10.9. The average molecular weight is 415 g/mol. The van der Waals surface area contributed by atoms with Crippen molar-refractivity contribution in [3.8, 4) is 5.69 Å². The summed E-state index contributed by atoms with van der Waals surface area (Å²) >= 11 is 5.72. The molecule has 4 aromatic rings. The Hall–Kier alpha value is -3.58. The molecule has 2 atom stereocenters. The minimum absolute atomic E-state index is 0.172.